The van der Waals surface area contributed by atoms with E-state index in [0.717, 1.165) is 23.4 Å². The maximum atomic E-state index is 12.3. The van der Waals surface area contributed by atoms with Gasteiger partial charge < -0.3 is 10.1 Å². The molecule has 0 saturated carbocycles. The molecule has 2 aromatic carbocycles. The minimum absolute atomic E-state index is 0.0530. The van der Waals surface area contributed by atoms with E-state index in [-0.39, 0.29) is 12.5 Å². The highest BCUT2D eigenvalue weighted by Crippen LogP contribution is 2.28. The summed E-state index contributed by atoms with van der Waals surface area (Å²) in [6.45, 7) is 4.22. The van der Waals surface area contributed by atoms with Gasteiger partial charge >= 0.3 is 0 Å². The summed E-state index contributed by atoms with van der Waals surface area (Å²) < 4.78 is 7.27. The number of nitrogens with zero attached hydrogens (tertiary/aromatic N) is 4. The summed E-state index contributed by atoms with van der Waals surface area (Å²) in [5, 5.41) is 13.9. The van der Waals surface area contributed by atoms with E-state index in [1.165, 1.54) is 11.0 Å². The van der Waals surface area contributed by atoms with Gasteiger partial charge in [-0.2, -0.15) is 0 Å². The highest BCUT2D eigenvalue weighted by Gasteiger charge is 2.11. The monoisotopic (exact) mass is 351 g/mol. The number of tetrazole rings is 1. The number of carbonyl (C=O) groups excluding carboxylic acids is 1. The molecule has 0 fully saturated rings. The Balaban J connectivity index is 1.63. The van der Waals surface area contributed by atoms with Gasteiger partial charge in [0.05, 0.1) is 5.69 Å². The molecule has 134 valence electrons. The SMILES string of the molecule is CC[C@H](C)c1ccccc1OCC(=O)Nc1cccc(-n2cnnn2)c1. The van der Waals surface area contributed by atoms with Gasteiger partial charge in [-0.1, -0.05) is 38.1 Å². The molecule has 7 heteroatoms. The van der Waals surface area contributed by atoms with Crippen LogP contribution in [0.15, 0.2) is 54.9 Å². The van der Waals surface area contributed by atoms with E-state index >= 15 is 0 Å². The molecule has 0 aliphatic carbocycles. The number of benzene rings is 2. The van der Waals surface area contributed by atoms with Gasteiger partial charge in [0.2, 0.25) is 0 Å². The standard InChI is InChI=1S/C19H21N5O2/c1-3-14(2)17-9-4-5-10-18(17)26-12-19(25)21-15-7-6-8-16(11-15)24-13-20-22-23-24/h4-11,13-14H,3,12H2,1-2H3,(H,21,25)/t14-/m0/s1. The fourth-order valence-electron chi connectivity index (χ4n) is 2.59. The van der Waals surface area contributed by atoms with Crippen molar-refractivity contribution in [3.8, 4) is 11.4 Å². The van der Waals surface area contributed by atoms with E-state index in [4.69, 9.17) is 4.74 Å². The van der Waals surface area contributed by atoms with Crippen LogP contribution in [0.2, 0.25) is 0 Å². The molecular formula is C19H21N5O2. The van der Waals surface area contributed by atoms with Crippen LogP contribution in [0.3, 0.4) is 0 Å². The molecular weight excluding hydrogens is 330 g/mol. The summed E-state index contributed by atoms with van der Waals surface area (Å²) in [6, 6.07) is 15.1. The molecule has 1 N–H and O–H groups in total. The van der Waals surface area contributed by atoms with Gasteiger partial charge in [-0.15, -0.1) is 5.10 Å². The van der Waals surface area contributed by atoms with Crippen molar-refractivity contribution in [2.75, 3.05) is 11.9 Å². The Morgan fingerprint density at radius 3 is 2.85 bits per heavy atom. The van der Waals surface area contributed by atoms with Crippen LogP contribution in [-0.4, -0.2) is 32.7 Å². The van der Waals surface area contributed by atoms with Crippen molar-refractivity contribution in [2.45, 2.75) is 26.2 Å². The Morgan fingerprint density at radius 1 is 1.23 bits per heavy atom. The third kappa shape index (κ3) is 4.24. The minimum Gasteiger partial charge on any atom is -0.483 e. The number of nitrogens with one attached hydrogen (secondary N) is 1. The molecule has 0 unspecified atom stereocenters. The molecule has 1 heterocycles. The smallest absolute Gasteiger partial charge is 0.262 e. The van der Waals surface area contributed by atoms with Crippen LogP contribution in [-0.2, 0) is 4.79 Å². The molecule has 0 saturated heterocycles. The zero-order chi connectivity index (χ0) is 18.4. The maximum absolute atomic E-state index is 12.3. The number of amides is 1. The minimum atomic E-state index is -0.224. The Hall–Kier alpha value is -3.22. The summed E-state index contributed by atoms with van der Waals surface area (Å²) in [5.41, 5.74) is 2.53. The highest BCUT2D eigenvalue weighted by molar-refractivity contribution is 5.92. The fraction of sp³-hybridized carbons (Fsp3) is 0.263. The third-order valence-corrected chi connectivity index (χ3v) is 4.16. The van der Waals surface area contributed by atoms with E-state index in [0.29, 0.717) is 11.6 Å². The van der Waals surface area contributed by atoms with Crippen LogP contribution in [0.4, 0.5) is 5.69 Å². The summed E-state index contributed by atoms with van der Waals surface area (Å²) >= 11 is 0. The highest BCUT2D eigenvalue weighted by atomic mass is 16.5. The van der Waals surface area contributed by atoms with Gasteiger partial charge in [-0.05, 0) is 52.6 Å². The summed E-state index contributed by atoms with van der Waals surface area (Å²) in [5.74, 6) is 0.902. The topological polar surface area (TPSA) is 81.9 Å². The molecule has 0 aliphatic rings. The number of hydrogen-bond acceptors (Lipinski definition) is 5. The summed E-state index contributed by atoms with van der Waals surface area (Å²) in [4.78, 5) is 12.3. The normalized spacial score (nSPS) is 11.8. The molecule has 0 bridgehead atoms. The fourth-order valence-corrected chi connectivity index (χ4v) is 2.59. The number of anilines is 1. The summed E-state index contributed by atoms with van der Waals surface area (Å²) in [6.07, 6.45) is 2.51. The Kier molecular flexibility index (Phi) is 5.58. The lowest BCUT2D eigenvalue weighted by molar-refractivity contribution is -0.118. The van der Waals surface area contributed by atoms with E-state index in [9.17, 15) is 4.79 Å². The quantitative estimate of drug-likeness (QED) is 0.707. The van der Waals surface area contributed by atoms with E-state index in [1.807, 2.05) is 36.4 Å². The van der Waals surface area contributed by atoms with Crippen LogP contribution < -0.4 is 10.1 Å². The van der Waals surface area contributed by atoms with Gasteiger partial charge in [0.15, 0.2) is 6.61 Å². The number of para-hydroxylation sites is 1. The zero-order valence-corrected chi connectivity index (χ0v) is 14.8. The van der Waals surface area contributed by atoms with Crippen molar-refractivity contribution in [3.63, 3.8) is 0 Å². The van der Waals surface area contributed by atoms with E-state index < -0.39 is 0 Å². The second kappa shape index (κ2) is 8.24. The first-order valence-corrected chi connectivity index (χ1v) is 8.52. The van der Waals surface area contributed by atoms with Crippen LogP contribution in [0.5, 0.6) is 5.75 Å². The number of rotatable bonds is 7. The first-order valence-electron chi connectivity index (χ1n) is 8.52. The van der Waals surface area contributed by atoms with Crippen LogP contribution >= 0.6 is 0 Å². The van der Waals surface area contributed by atoms with Crippen molar-refractivity contribution in [3.05, 3.63) is 60.4 Å². The Morgan fingerprint density at radius 2 is 2.08 bits per heavy atom. The molecule has 26 heavy (non-hydrogen) atoms. The predicted octanol–water partition coefficient (Wildman–Crippen LogP) is 3.19. The van der Waals surface area contributed by atoms with E-state index in [2.05, 4.69) is 34.7 Å². The van der Waals surface area contributed by atoms with Gasteiger partial charge in [0.25, 0.3) is 5.91 Å². The molecule has 0 aliphatic heterocycles. The largest absolute Gasteiger partial charge is 0.483 e. The second-order valence-electron chi connectivity index (χ2n) is 5.99. The molecule has 0 radical (unpaired) electrons. The van der Waals surface area contributed by atoms with Crippen molar-refractivity contribution < 1.29 is 9.53 Å². The van der Waals surface area contributed by atoms with Crippen LogP contribution in [0.25, 0.3) is 5.69 Å². The first-order chi connectivity index (χ1) is 12.7. The molecule has 1 atom stereocenters. The molecule has 0 spiro atoms. The predicted molar refractivity (Wildman–Crippen MR) is 98.4 cm³/mol. The van der Waals surface area contributed by atoms with E-state index in [1.54, 1.807) is 12.1 Å². The molecule has 3 aromatic rings. The number of carbonyl (C=O) groups is 1. The van der Waals surface area contributed by atoms with Gasteiger partial charge in [-0.25, -0.2) is 4.68 Å². The maximum Gasteiger partial charge on any atom is 0.262 e. The number of hydrogen-bond donors (Lipinski definition) is 1. The van der Waals surface area contributed by atoms with Crippen molar-refractivity contribution in [1.29, 1.82) is 0 Å². The lowest BCUT2D eigenvalue weighted by atomic mass is 9.98. The average molecular weight is 351 g/mol. The number of ether oxygens (including phenoxy) is 1. The van der Waals surface area contributed by atoms with Gasteiger partial charge in [0, 0.05) is 5.69 Å². The van der Waals surface area contributed by atoms with Gasteiger partial charge in [0.1, 0.15) is 12.1 Å². The van der Waals surface area contributed by atoms with Crippen molar-refractivity contribution in [1.82, 2.24) is 20.2 Å². The Bertz CT molecular complexity index is 864. The zero-order valence-electron chi connectivity index (χ0n) is 14.8. The molecule has 3 rings (SSSR count). The van der Waals surface area contributed by atoms with Crippen LogP contribution in [0.1, 0.15) is 31.7 Å². The average Bonchev–Trinajstić information content (AvgIpc) is 3.21. The molecule has 1 aromatic heterocycles. The van der Waals surface area contributed by atoms with Crippen LogP contribution in [0, 0.1) is 0 Å². The first kappa shape index (κ1) is 17.6. The lowest BCUT2D eigenvalue weighted by Crippen LogP contribution is -2.20. The van der Waals surface area contributed by atoms with Crippen molar-refractivity contribution >= 4 is 11.6 Å². The number of aromatic nitrogens is 4. The Labute approximate surface area is 152 Å². The lowest BCUT2D eigenvalue weighted by Gasteiger charge is -2.15. The summed E-state index contributed by atoms with van der Waals surface area (Å²) in [7, 11) is 0. The molecule has 1 amide bonds. The third-order valence-electron chi connectivity index (χ3n) is 4.16. The van der Waals surface area contributed by atoms with Crippen molar-refractivity contribution in [2.24, 2.45) is 0 Å². The molecule has 7 nitrogen and oxygen atoms in total. The second-order valence-corrected chi connectivity index (χ2v) is 5.99. The van der Waals surface area contributed by atoms with Gasteiger partial charge in [-0.3, -0.25) is 4.79 Å².